The Balaban J connectivity index is 1.76. The second kappa shape index (κ2) is 7.64. The van der Waals surface area contributed by atoms with Gasteiger partial charge < -0.3 is 14.8 Å². The maximum absolute atomic E-state index is 13.3. The number of nitrogens with one attached hydrogen (secondary N) is 1. The van der Waals surface area contributed by atoms with Crippen molar-refractivity contribution in [1.29, 1.82) is 0 Å². The van der Waals surface area contributed by atoms with Crippen molar-refractivity contribution in [2.45, 2.75) is 19.3 Å². The third-order valence-corrected chi connectivity index (χ3v) is 5.93. The maximum atomic E-state index is 13.3. The van der Waals surface area contributed by atoms with E-state index in [1.54, 1.807) is 30.6 Å². The number of carbonyl (C=O) groups is 1. The molecule has 0 fully saturated rings. The van der Waals surface area contributed by atoms with E-state index in [1.807, 2.05) is 30.5 Å². The summed E-state index contributed by atoms with van der Waals surface area (Å²) in [6, 6.07) is 12.1. The van der Waals surface area contributed by atoms with Gasteiger partial charge in [0.05, 0.1) is 19.4 Å². The number of hydrogen-bond donors (Lipinski definition) is 1. The zero-order valence-corrected chi connectivity index (χ0v) is 16.4. The number of ether oxygens (including phenoxy) is 2. The Kier molecular flexibility index (Phi) is 5.05. The predicted molar refractivity (Wildman–Crippen MR) is 109 cm³/mol. The molecular weight excluding hydrogens is 377 g/mol. The molecule has 144 valence electrons. The van der Waals surface area contributed by atoms with Crippen molar-refractivity contribution >= 4 is 22.9 Å². The number of methoxy groups -OCH3 is 1. The van der Waals surface area contributed by atoms with Gasteiger partial charge in [-0.3, -0.25) is 4.79 Å². The van der Waals surface area contributed by atoms with Crippen LogP contribution in [-0.4, -0.2) is 19.6 Å². The molecule has 28 heavy (non-hydrogen) atoms. The number of carbonyl (C=O) groups excluding carboxylic acids is 1. The van der Waals surface area contributed by atoms with Crippen molar-refractivity contribution < 1.29 is 18.7 Å². The van der Waals surface area contributed by atoms with E-state index in [0.717, 1.165) is 27.3 Å². The molecule has 0 radical (unpaired) electrons. The van der Waals surface area contributed by atoms with Crippen LogP contribution >= 0.6 is 11.3 Å². The molecule has 0 aliphatic carbocycles. The SMILES string of the molecule is CCOc1ccc([C@@H]2CC(=O)Nc3c(-c4ccc(F)cc4)csc32)cc1OC. The second-order valence-electron chi connectivity index (χ2n) is 6.54. The van der Waals surface area contributed by atoms with Crippen LogP contribution in [0.15, 0.2) is 47.8 Å². The van der Waals surface area contributed by atoms with E-state index in [-0.39, 0.29) is 17.6 Å². The molecule has 0 saturated carbocycles. The average Bonchev–Trinajstić information content (AvgIpc) is 3.12. The summed E-state index contributed by atoms with van der Waals surface area (Å²) in [5.41, 5.74) is 3.61. The summed E-state index contributed by atoms with van der Waals surface area (Å²) in [5, 5.41) is 5.02. The van der Waals surface area contributed by atoms with Gasteiger partial charge in [0.1, 0.15) is 5.82 Å². The summed E-state index contributed by atoms with van der Waals surface area (Å²) in [5.74, 6) is 0.963. The lowest BCUT2D eigenvalue weighted by Gasteiger charge is -2.24. The smallest absolute Gasteiger partial charge is 0.225 e. The Morgan fingerprint density at radius 1 is 1.18 bits per heavy atom. The van der Waals surface area contributed by atoms with Gasteiger partial charge in [0, 0.05) is 28.2 Å². The van der Waals surface area contributed by atoms with Gasteiger partial charge in [-0.15, -0.1) is 11.3 Å². The highest BCUT2D eigenvalue weighted by molar-refractivity contribution is 7.11. The van der Waals surface area contributed by atoms with E-state index >= 15 is 0 Å². The van der Waals surface area contributed by atoms with E-state index in [1.165, 1.54) is 12.1 Å². The van der Waals surface area contributed by atoms with Crippen molar-refractivity contribution in [1.82, 2.24) is 0 Å². The lowest BCUT2D eigenvalue weighted by molar-refractivity contribution is -0.116. The van der Waals surface area contributed by atoms with Crippen LogP contribution in [0, 0.1) is 5.82 Å². The molecule has 0 saturated heterocycles. The summed E-state index contributed by atoms with van der Waals surface area (Å²) >= 11 is 1.60. The van der Waals surface area contributed by atoms with Gasteiger partial charge in [-0.2, -0.15) is 0 Å². The minimum Gasteiger partial charge on any atom is -0.493 e. The van der Waals surface area contributed by atoms with Crippen molar-refractivity contribution in [2.24, 2.45) is 0 Å². The van der Waals surface area contributed by atoms with Gasteiger partial charge in [-0.25, -0.2) is 4.39 Å². The highest BCUT2D eigenvalue weighted by Crippen LogP contribution is 2.47. The van der Waals surface area contributed by atoms with Crippen LogP contribution in [0.3, 0.4) is 0 Å². The predicted octanol–water partition coefficient (Wildman–Crippen LogP) is 5.44. The standard InChI is InChI=1S/C22H20FNO3S/c1-3-27-18-9-6-14(10-19(18)26-2)16-11-20(25)24-21-17(12-28-22(16)21)13-4-7-15(23)8-5-13/h4-10,12,16H,3,11H2,1-2H3,(H,24,25)/t16-/m0/s1. The average molecular weight is 397 g/mol. The Hall–Kier alpha value is -2.86. The Morgan fingerprint density at radius 2 is 1.96 bits per heavy atom. The Labute approximate surface area is 166 Å². The fourth-order valence-electron chi connectivity index (χ4n) is 3.51. The van der Waals surface area contributed by atoms with Crippen LogP contribution in [0.5, 0.6) is 11.5 Å². The molecule has 2 heterocycles. The fraction of sp³-hybridized carbons (Fsp3) is 0.227. The lowest BCUT2D eigenvalue weighted by atomic mass is 9.89. The zero-order chi connectivity index (χ0) is 19.7. The first-order valence-corrected chi connectivity index (χ1v) is 9.96. The van der Waals surface area contributed by atoms with Gasteiger partial charge in [0.15, 0.2) is 11.5 Å². The molecule has 4 rings (SSSR count). The van der Waals surface area contributed by atoms with E-state index in [4.69, 9.17) is 9.47 Å². The Bertz CT molecular complexity index is 1010. The molecule has 0 spiro atoms. The summed E-state index contributed by atoms with van der Waals surface area (Å²) in [6.45, 7) is 2.48. The minimum absolute atomic E-state index is 0.0351. The minimum atomic E-state index is -0.281. The summed E-state index contributed by atoms with van der Waals surface area (Å²) < 4.78 is 24.4. The Morgan fingerprint density at radius 3 is 2.68 bits per heavy atom. The number of rotatable bonds is 5. The molecule has 0 unspecified atom stereocenters. The van der Waals surface area contributed by atoms with E-state index < -0.39 is 0 Å². The topological polar surface area (TPSA) is 47.6 Å². The number of halogens is 1. The van der Waals surface area contributed by atoms with Crippen molar-refractivity contribution in [3.63, 3.8) is 0 Å². The summed E-state index contributed by atoms with van der Waals surface area (Å²) in [4.78, 5) is 13.5. The molecule has 1 aromatic heterocycles. The number of fused-ring (bicyclic) bond motifs is 1. The molecule has 2 aromatic carbocycles. The van der Waals surface area contributed by atoms with Crippen molar-refractivity contribution in [3.05, 3.63) is 64.1 Å². The van der Waals surface area contributed by atoms with Crippen molar-refractivity contribution in [2.75, 3.05) is 19.0 Å². The van der Waals surface area contributed by atoms with E-state index in [0.29, 0.717) is 24.5 Å². The monoisotopic (exact) mass is 397 g/mol. The fourth-order valence-corrected chi connectivity index (χ4v) is 4.67. The molecule has 3 aromatic rings. The maximum Gasteiger partial charge on any atom is 0.225 e. The van der Waals surface area contributed by atoms with Crippen LogP contribution < -0.4 is 14.8 Å². The normalized spacial score (nSPS) is 15.7. The van der Waals surface area contributed by atoms with Crippen LogP contribution in [0.25, 0.3) is 11.1 Å². The second-order valence-corrected chi connectivity index (χ2v) is 7.45. The van der Waals surface area contributed by atoms with Gasteiger partial charge in [0.2, 0.25) is 5.91 Å². The van der Waals surface area contributed by atoms with Gasteiger partial charge in [0.25, 0.3) is 0 Å². The first-order chi connectivity index (χ1) is 13.6. The van der Waals surface area contributed by atoms with Crippen LogP contribution in [0.1, 0.15) is 29.7 Å². The van der Waals surface area contributed by atoms with Crippen LogP contribution in [0.4, 0.5) is 10.1 Å². The molecule has 1 aliphatic heterocycles. The van der Waals surface area contributed by atoms with Crippen LogP contribution in [0.2, 0.25) is 0 Å². The first-order valence-electron chi connectivity index (χ1n) is 9.08. The van der Waals surface area contributed by atoms with Crippen molar-refractivity contribution in [3.8, 4) is 22.6 Å². The largest absolute Gasteiger partial charge is 0.493 e. The highest BCUT2D eigenvalue weighted by atomic mass is 32.1. The quantitative estimate of drug-likeness (QED) is 0.624. The summed E-state index contributed by atoms with van der Waals surface area (Å²) in [6.07, 6.45) is 0.369. The first kappa shape index (κ1) is 18.5. The summed E-state index contributed by atoms with van der Waals surface area (Å²) in [7, 11) is 1.61. The number of amides is 1. The number of benzene rings is 2. The number of hydrogen-bond acceptors (Lipinski definition) is 4. The molecule has 1 atom stereocenters. The van der Waals surface area contributed by atoms with Gasteiger partial charge >= 0.3 is 0 Å². The molecule has 1 N–H and O–H groups in total. The molecule has 4 nitrogen and oxygen atoms in total. The van der Waals surface area contributed by atoms with E-state index in [9.17, 15) is 9.18 Å². The van der Waals surface area contributed by atoms with E-state index in [2.05, 4.69) is 5.32 Å². The molecule has 0 bridgehead atoms. The highest BCUT2D eigenvalue weighted by Gasteiger charge is 2.31. The molecule has 1 aliphatic rings. The third-order valence-electron chi connectivity index (χ3n) is 4.84. The lowest BCUT2D eigenvalue weighted by Crippen LogP contribution is -2.22. The molecular formula is C22H20FNO3S. The van der Waals surface area contributed by atoms with Gasteiger partial charge in [-0.1, -0.05) is 18.2 Å². The zero-order valence-electron chi connectivity index (χ0n) is 15.6. The van der Waals surface area contributed by atoms with Crippen LogP contribution in [-0.2, 0) is 4.79 Å². The third kappa shape index (κ3) is 3.36. The number of anilines is 1. The van der Waals surface area contributed by atoms with Gasteiger partial charge in [-0.05, 0) is 42.3 Å². The number of thiophene rings is 1. The molecule has 1 amide bonds. The molecule has 6 heteroatoms.